The van der Waals surface area contributed by atoms with E-state index in [4.69, 9.17) is 4.74 Å². The summed E-state index contributed by atoms with van der Waals surface area (Å²) in [5.74, 6) is -2.17. The molecule has 0 fully saturated rings. The van der Waals surface area contributed by atoms with Crippen molar-refractivity contribution in [2.45, 2.75) is 26.2 Å². The molecule has 3 N–H and O–H groups in total. The minimum Gasteiger partial charge on any atom is -0.507 e. The van der Waals surface area contributed by atoms with E-state index in [9.17, 15) is 24.9 Å². The lowest BCUT2D eigenvalue weighted by atomic mass is 9.71. The van der Waals surface area contributed by atoms with Crippen LogP contribution in [-0.4, -0.2) is 31.9 Å². The molecule has 0 saturated heterocycles. The lowest BCUT2D eigenvalue weighted by molar-refractivity contribution is -0.123. The van der Waals surface area contributed by atoms with Crippen LogP contribution in [0.1, 0.15) is 25.0 Å². The number of thiazole rings is 1. The smallest absolute Gasteiger partial charge is 0.188 e. The fraction of sp³-hybridized carbons (Fsp3) is 0.160. The number of nitrogens with zero attached hydrogens (tertiary/aromatic N) is 1. The van der Waals surface area contributed by atoms with Crippen LogP contribution < -0.4 is 4.74 Å². The van der Waals surface area contributed by atoms with Crippen LogP contribution in [0.15, 0.2) is 58.9 Å². The molecule has 1 aliphatic heterocycles. The van der Waals surface area contributed by atoms with Crippen LogP contribution in [0, 0.1) is 6.92 Å². The first-order valence-electron chi connectivity index (χ1n) is 10.2. The van der Waals surface area contributed by atoms with Crippen LogP contribution in [0.25, 0.3) is 21.8 Å². The van der Waals surface area contributed by atoms with Gasteiger partial charge >= 0.3 is 0 Å². The number of benzene rings is 2. The molecule has 3 aromatic rings. The fourth-order valence-electron chi connectivity index (χ4n) is 4.37. The van der Waals surface area contributed by atoms with Gasteiger partial charge in [-0.1, -0.05) is 30.3 Å². The number of phenolic OH excluding ortho intramolecular Hbond substituents is 2. The number of allylic oxidation sites excluding steroid dienone is 3. The Morgan fingerprint density at radius 1 is 1.12 bits per heavy atom. The Labute approximate surface area is 192 Å². The number of aromatic hydroxyl groups is 2. The highest BCUT2D eigenvalue weighted by atomic mass is 32.1. The first-order chi connectivity index (χ1) is 15.7. The van der Waals surface area contributed by atoms with E-state index in [1.165, 1.54) is 38.2 Å². The maximum Gasteiger partial charge on any atom is 0.188 e. The molecule has 2 heterocycles. The number of aromatic nitrogens is 1. The number of hydrogen-bond acceptors (Lipinski definition) is 8. The zero-order valence-corrected chi connectivity index (χ0v) is 18.8. The topological polar surface area (TPSA) is 117 Å². The van der Waals surface area contributed by atoms with Gasteiger partial charge in [-0.3, -0.25) is 9.59 Å². The van der Waals surface area contributed by atoms with Gasteiger partial charge in [0.25, 0.3) is 0 Å². The summed E-state index contributed by atoms with van der Waals surface area (Å²) < 4.78 is 5.98. The molecule has 5 rings (SSSR count). The normalized spacial score (nSPS) is 19.1. The van der Waals surface area contributed by atoms with Crippen LogP contribution in [0.4, 0.5) is 0 Å². The average molecular weight is 461 g/mol. The van der Waals surface area contributed by atoms with Gasteiger partial charge in [-0.15, -0.1) is 11.3 Å². The van der Waals surface area contributed by atoms with Crippen LogP contribution in [0.5, 0.6) is 17.2 Å². The van der Waals surface area contributed by atoms with Crippen molar-refractivity contribution in [2.75, 3.05) is 0 Å². The van der Waals surface area contributed by atoms with Gasteiger partial charge in [0.05, 0.1) is 16.8 Å². The molecule has 0 saturated carbocycles. The molecule has 0 unspecified atom stereocenters. The van der Waals surface area contributed by atoms with Gasteiger partial charge in [0, 0.05) is 22.6 Å². The highest BCUT2D eigenvalue weighted by Crippen LogP contribution is 2.60. The average Bonchev–Trinajstić information content (AvgIpc) is 3.37. The third-order valence-electron chi connectivity index (χ3n) is 6.18. The first kappa shape index (κ1) is 21.0. The van der Waals surface area contributed by atoms with Gasteiger partial charge in [0.1, 0.15) is 44.8 Å². The van der Waals surface area contributed by atoms with E-state index in [-0.39, 0.29) is 45.3 Å². The number of ether oxygens (including phenoxy) is 1. The van der Waals surface area contributed by atoms with Gasteiger partial charge in [-0.25, -0.2) is 4.98 Å². The maximum absolute atomic E-state index is 13.4. The number of carbonyl (C=O) groups is 2. The van der Waals surface area contributed by atoms with Crippen molar-refractivity contribution < 1.29 is 29.6 Å². The predicted molar refractivity (Wildman–Crippen MR) is 122 cm³/mol. The molecule has 2 aromatic carbocycles. The van der Waals surface area contributed by atoms with E-state index in [1.807, 2.05) is 30.3 Å². The molecule has 0 radical (unpaired) electrons. The van der Waals surface area contributed by atoms with Crippen molar-refractivity contribution in [2.24, 2.45) is 0 Å². The van der Waals surface area contributed by atoms with Crippen molar-refractivity contribution in [3.05, 3.63) is 70.0 Å². The van der Waals surface area contributed by atoms with Crippen molar-refractivity contribution in [3.63, 3.8) is 0 Å². The summed E-state index contributed by atoms with van der Waals surface area (Å²) in [6.07, 6.45) is 1.21. The third kappa shape index (κ3) is 2.77. The molecule has 0 amide bonds. The number of hydrogen-bond donors (Lipinski definition) is 3. The second kappa shape index (κ2) is 7.05. The van der Waals surface area contributed by atoms with E-state index in [1.54, 1.807) is 5.38 Å². The molecule has 2 aliphatic rings. The van der Waals surface area contributed by atoms with Crippen molar-refractivity contribution in [1.29, 1.82) is 0 Å². The van der Waals surface area contributed by atoms with Gasteiger partial charge < -0.3 is 20.1 Å². The van der Waals surface area contributed by atoms with E-state index in [2.05, 4.69) is 4.98 Å². The number of ketones is 2. The third-order valence-corrected chi connectivity index (χ3v) is 7.07. The number of fused-ring (bicyclic) bond motifs is 3. The highest BCUT2D eigenvalue weighted by molar-refractivity contribution is 7.13. The monoisotopic (exact) mass is 461 g/mol. The largest absolute Gasteiger partial charge is 0.507 e. The van der Waals surface area contributed by atoms with Crippen molar-refractivity contribution >= 4 is 22.9 Å². The Balaban J connectivity index is 1.75. The Hall–Kier alpha value is -3.91. The van der Waals surface area contributed by atoms with Crippen LogP contribution in [0.2, 0.25) is 0 Å². The van der Waals surface area contributed by atoms with E-state index >= 15 is 0 Å². The quantitative estimate of drug-likeness (QED) is 0.484. The van der Waals surface area contributed by atoms with Crippen molar-refractivity contribution in [1.82, 2.24) is 4.98 Å². The highest BCUT2D eigenvalue weighted by Gasteiger charge is 2.55. The summed E-state index contributed by atoms with van der Waals surface area (Å²) >= 11 is 1.38. The maximum atomic E-state index is 13.4. The Morgan fingerprint density at radius 3 is 2.48 bits per heavy atom. The second-order valence-electron chi connectivity index (χ2n) is 8.19. The molecule has 1 aliphatic carbocycles. The second-order valence-corrected chi connectivity index (χ2v) is 9.04. The van der Waals surface area contributed by atoms with Gasteiger partial charge in [0.2, 0.25) is 0 Å². The first-order valence-corrected chi connectivity index (χ1v) is 11.0. The van der Waals surface area contributed by atoms with E-state index < -0.39 is 22.7 Å². The fourth-order valence-corrected chi connectivity index (χ4v) is 5.19. The molecular weight excluding hydrogens is 442 g/mol. The van der Waals surface area contributed by atoms with E-state index in [0.717, 1.165) is 10.6 Å². The van der Waals surface area contributed by atoms with E-state index in [0.29, 0.717) is 5.69 Å². The molecule has 7 nitrogen and oxygen atoms in total. The molecule has 1 atom stereocenters. The zero-order valence-electron chi connectivity index (χ0n) is 18.0. The van der Waals surface area contributed by atoms with Crippen LogP contribution >= 0.6 is 11.3 Å². The molecule has 8 heteroatoms. The Kier molecular flexibility index (Phi) is 4.48. The Bertz CT molecular complexity index is 1430. The minimum absolute atomic E-state index is 0.0602. The molecule has 33 heavy (non-hydrogen) atoms. The lowest BCUT2D eigenvalue weighted by Gasteiger charge is -2.28. The zero-order chi connectivity index (χ0) is 23.7. The van der Waals surface area contributed by atoms with Gasteiger partial charge in [-0.2, -0.15) is 0 Å². The summed E-state index contributed by atoms with van der Waals surface area (Å²) in [6, 6.07) is 9.54. The van der Waals surface area contributed by atoms with Gasteiger partial charge in [0.15, 0.2) is 11.6 Å². The predicted octanol–water partition coefficient (Wildman–Crippen LogP) is 4.71. The standard InChI is InChI=1S/C25H19NO6S/c1-11-20(29)18(14-10-33-24(26-14)13-7-5-4-6-8-13)22-19(21(11)30)25(3)16(32-22)9-15(28)17(12(2)27)23(25)31/h4-10,28-30H,1-3H3/t25-/m1/s1. The number of phenols is 2. The summed E-state index contributed by atoms with van der Waals surface area (Å²) in [4.78, 5) is 30.1. The molecular formula is C25H19NO6S. The number of rotatable bonds is 3. The van der Waals surface area contributed by atoms with Crippen LogP contribution in [-0.2, 0) is 15.0 Å². The molecule has 166 valence electrons. The number of aliphatic hydroxyl groups is 1. The molecule has 0 bridgehead atoms. The van der Waals surface area contributed by atoms with Gasteiger partial charge in [-0.05, 0) is 20.8 Å². The molecule has 0 spiro atoms. The molecule has 1 aromatic heterocycles. The summed E-state index contributed by atoms with van der Waals surface area (Å²) in [5, 5.41) is 34.7. The SMILES string of the molecule is CC(=O)C1=C(O)C=C2Oc3c(-c4csc(-c5ccccc5)n4)c(O)c(C)c(O)c3[C@]2(C)C1=O. The Morgan fingerprint density at radius 2 is 1.82 bits per heavy atom. The summed E-state index contributed by atoms with van der Waals surface area (Å²) in [6.45, 7) is 4.24. The lowest BCUT2D eigenvalue weighted by Crippen LogP contribution is -2.38. The summed E-state index contributed by atoms with van der Waals surface area (Å²) in [7, 11) is 0. The number of Topliss-reactive ketones (excluding diaryl/α,β-unsaturated/α-hetero) is 2. The minimum atomic E-state index is -1.54. The number of aliphatic hydroxyl groups excluding tert-OH is 1. The summed E-state index contributed by atoms with van der Waals surface area (Å²) in [5.41, 5.74) is -0.0751. The van der Waals surface area contributed by atoms with Crippen molar-refractivity contribution in [3.8, 4) is 39.1 Å². The number of carbonyl (C=O) groups excluding carboxylic acids is 2. The van der Waals surface area contributed by atoms with Crippen LogP contribution in [0.3, 0.4) is 0 Å².